The molecule has 0 saturated carbocycles. The predicted molar refractivity (Wildman–Crippen MR) is 266 cm³/mol. The maximum Gasteiger partial charge on any atom is 0.159 e. The molecule has 2 aliphatic carbocycles. The zero-order valence-corrected chi connectivity index (χ0v) is 35.3. The number of anilines is 3. The van der Waals surface area contributed by atoms with Crippen LogP contribution in [0.4, 0.5) is 17.1 Å². The SMILES string of the molecule is Cc1cc(-c2cccc3c2-c2ccccc2C32c3ccccc3-c3ccc(-c4ccccc4)cc32)cc(N(c2ccc(-c3ccccc3)cc2)c2cccc3c2oc2ccccc23)c1. The molecular formula is C62H41NO. The van der Waals surface area contributed by atoms with Gasteiger partial charge in [-0.25, -0.2) is 0 Å². The molecule has 2 aliphatic rings. The van der Waals surface area contributed by atoms with E-state index in [1.165, 1.54) is 83.5 Å². The molecule has 13 rings (SSSR count). The Hall–Kier alpha value is -8.20. The fraction of sp³-hybridized carbons (Fsp3) is 0.0323. The second-order valence-corrected chi connectivity index (χ2v) is 17.3. The van der Waals surface area contributed by atoms with Crippen LogP contribution in [0.2, 0.25) is 0 Å². The van der Waals surface area contributed by atoms with Crippen LogP contribution in [0.1, 0.15) is 27.8 Å². The minimum atomic E-state index is -0.477. The van der Waals surface area contributed by atoms with Gasteiger partial charge in [-0.2, -0.15) is 0 Å². The molecule has 1 aromatic heterocycles. The first kappa shape index (κ1) is 36.5. The second-order valence-electron chi connectivity index (χ2n) is 17.3. The van der Waals surface area contributed by atoms with E-state index in [1.807, 2.05) is 6.07 Å². The van der Waals surface area contributed by atoms with Gasteiger partial charge in [-0.05, 0) is 133 Å². The lowest BCUT2D eigenvalue weighted by molar-refractivity contribution is 0.669. The summed E-state index contributed by atoms with van der Waals surface area (Å²) in [5.41, 5.74) is 23.3. The van der Waals surface area contributed by atoms with Gasteiger partial charge < -0.3 is 9.32 Å². The van der Waals surface area contributed by atoms with Gasteiger partial charge in [-0.3, -0.25) is 0 Å². The van der Waals surface area contributed by atoms with E-state index in [0.717, 1.165) is 39.0 Å². The van der Waals surface area contributed by atoms with E-state index < -0.39 is 5.41 Å². The molecule has 0 bridgehead atoms. The van der Waals surface area contributed by atoms with E-state index >= 15 is 0 Å². The molecule has 0 saturated heterocycles. The third-order valence-electron chi connectivity index (χ3n) is 13.7. The quantitative estimate of drug-likeness (QED) is 0.166. The van der Waals surface area contributed by atoms with E-state index in [1.54, 1.807) is 0 Å². The normalized spacial score (nSPS) is 14.4. The summed E-state index contributed by atoms with van der Waals surface area (Å²) in [6.45, 7) is 2.22. The molecule has 2 nitrogen and oxygen atoms in total. The van der Waals surface area contributed by atoms with Crippen LogP contribution in [-0.4, -0.2) is 0 Å². The maximum absolute atomic E-state index is 6.75. The Morgan fingerprint density at radius 1 is 0.359 bits per heavy atom. The number of benzene rings is 10. The van der Waals surface area contributed by atoms with Crippen LogP contribution in [0.5, 0.6) is 0 Å². The molecule has 1 heterocycles. The molecular weight excluding hydrogens is 775 g/mol. The molecule has 0 amide bonds. The largest absolute Gasteiger partial charge is 0.454 e. The minimum absolute atomic E-state index is 0.477. The number of fused-ring (bicyclic) bond motifs is 13. The number of hydrogen-bond acceptors (Lipinski definition) is 2. The fourth-order valence-electron chi connectivity index (χ4n) is 11.1. The first-order valence-corrected chi connectivity index (χ1v) is 22.2. The van der Waals surface area contributed by atoms with Crippen molar-refractivity contribution in [1.29, 1.82) is 0 Å². The molecule has 300 valence electrons. The molecule has 0 radical (unpaired) electrons. The molecule has 10 aromatic carbocycles. The van der Waals surface area contributed by atoms with Crippen molar-refractivity contribution < 1.29 is 4.42 Å². The third kappa shape index (κ3) is 5.33. The molecule has 1 spiro atoms. The van der Waals surface area contributed by atoms with Crippen LogP contribution in [0.25, 0.3) is 77.6 Å². The number of rotatable bonds is 6. The summed E-state index contributed by atoms with van der Waals surface area (Å²) in [6, 6.07) is 84.6. The summed E-state index contributed by atoms with van der Waals surface area (Å²) >= 11 is 0. The summed E-state index contributed by atoms with van der Waals surface area (Å²) in [6.07, 6.45) is 0. The Bertz CT molecular complexity index is 3620. The summed E-state index contributed by atoms with van der Waals surface area (Å²) < 4.78 is 6.75. The second kappa shape index (κ2) is 14.2. The van der Waals surface area contributed by atoms with Crippen molar-refractivity contribution in [3.63, 3.8) is 0 Å². The first-order valence-electron chi connectivity index (χ1n) is 22.2. The van der Waals surface area contributed by atoms with Crippen LogP contribution in [0, 0.1) is 6.92 Å². The van der Waals surface area contributed by atoms with E-state index in [4.69, 9.17) is 4.42 Å². The monoisotopic (exact) mass is 815 g/mol. The lowest BCUT2D eigenvalue weighted by Gasteiger charge is -2.31. The van der Waals surface area contributed by atoms with Crippen LogP contribution in [-0.2, 0) is 5.41 Å². The van der Waals surface area contributed by atoms with E-state index in [-0.39, 0.29) is 0 Å². The van der Waals surface area contributed by atoms with Gasteiger partial charge in [0.2, 0.25) is 0 Å². The van der Waals surface area contributed by atoms with E-state index in [9.17, 15) is 0 Å². The highest BCUT2D eigenvalue weighted by Gasteiger charge is 2.52. The molecule has 64 heavy (non-hydrogen) atoms. The lowest BCUT2D eigenvalue weighted by Crippen LogP contribution is -2.25. The highest BCUT2D eigenvalue weighted by Crippen LogP contribution is 2.64. The number of hydrogen-bond donors (Lipinski definition) is 0. The molecule has 1 atom stereocenters. The Balaban J connectivity index is 1.04. The average molecular weight is 816 g/mol. The zero-order chi connectivity index (χ0) is 42.4. The Labute approximate surface area is 373 Å². The van der Waals surface area contributed by atoms with Crippen LogP contribution >= 0.6 is 0 Å². The van der Waals surface area contributed by atoms with E-state index in [0.29, 0.717) is 0 Å². The van der Waals surface area contributed by atoms with Crippen LogP contribution in [0.15, 0.2) is 235 Å². The predicted octanol–water partition coefficient (Wildman–Crippen LogP) is 16.7. The van der Waals surface area contributed by atoms with Crippen molar-refractivity contribution in [2.24, 2.45) is 0 Å². The van der Waals surface area contributed by atoms with Gasteiger partial charge in [0, 0.05) is 22.1 Å². The fourth-order valence-corrected chi connectivity index (χ4v) is 11.1. The topological polar surface area (TPSA) is 16.4 Å². The molecule has 2 heteroatoms. The van der Waals surface area contributed by atoms with Gasteiger partial charge in [0.25, 0.3) is 0 Å². The minimum Gasteiger partial charge on any atom is -0.454 e. The maximum atomic E-state index is 6.75. The van der Waals surface area contributed by atoms with Crippen molar-refractivity contribution in [1.82, 2.24) is 0 Å². The lowest BCUT2D eigenvalue weighted by atomic mass is 9.70. The summed E-state index contributed by atoms with van der Waals surface area (Å²) in [4.78, 5) is 2.38. The molecule has 11 aromatic rings. The van der Waals surface area contributed by atoms with Crippen molar-refractivity contribution >= 4 is 39.0 Å². The van der Waals surface area contributed by atoms with Gasteiger partial charge in [0.1, 0.15) is 5.58 Å². The first-order chi connectivity index (χ1) is 31.6. The third-order valence-corrected chi connectivity index (χ3v) is 13.7. The Morgan fingerprint density at radius 3 is 1.73 bits per heavy atom. The number of furan rings is 1. The van der Waals surface area contributed by atoms with Crippen molar-refractivity contribution in [3.05, 3.63) is 258 Å². The smallest absolute Gasteiger partial charge is 0.159 e. The Morgan fingerprint density at radius 2 is 0.938 bits per heavy atom. The highest BCUT2D eigenvalue weighted by molar-refractivity contribution is 6.10. The van der Waals surface area contributed by atoms with Gasteiger partial charge in [0.15, 0.2) is 5.58 Å². The molecule has 0 N–H and O–H groups in total. The standard InChI is InChI=1S/C62H41NO/c1-40-36-45(38-47(37-40)63(46-33-30-43(31-34-46)41-16-4-2-5-17-41)58-28-15-24-52-51-21-10-13-29-59(51)64-61(52)58)48-23-14-27-56-60(48)53-22-9-12-26-55(53)62(56)54-25-11-8-20-49(54)50-35-32-44(39-57(50)62)42-18-6-3-7-19-42/h2-39H,1H3. The molecule has 1 unspecified atom stereocenters. The highest BCUT2D eigenvalue weighted by atomic mass is 16.3. The van der Waals surface area contributed by atoms with Gasteiger partial charge in [0.05, 0.1) is 11.1 Å². The summed E-state index contributed by atoms with van der Waals surface area (Å²) in [7, 11) is 0. The van der Waals surface area contributed by atoms with Crippen LogP contribution in [0.3, 0.4) is 0 Å². The Kier molecular flexibility index (Phi) is 8.07. The van der Waals surface area contributed by atoms with Crippen molar-refractivity contribution in [2.75, 3.05) is 4.90 Å². The zero-order valence-electron chi connectivity index (χ0n) is 35.3. The average Bonchev–Trinajstić information content (AvgIpc) is 3.99. The van der Waals surface area contributed by atoms with Gasteiger partial charge >= 0.3 is 0 Å². The number of para-hydroxylation sites is 2. The van der Waals surface area contributed by atoms with Gasteiger partial charge in [-0.1, -0.05) is 188 Å². The molecule has 0 aliphatic heterocycles. The summed E-state index contributed by atoms with van der Waals surface area (Å²) in [5, 5.41) is 2.21. The van der Waals surface area contributed by atoms with Crippen molar-refractivity contribution in [3.8, 4) is 55.6 Å². The van der Waals surface area contributed by atoms with Crippen molar-refractivity contribution in [2.45, 2.75) is 12.3 Å². The van der Waals surface area contributed by atoms with Crippen LogP contribution < -0.4 is 4.90 Å². The van der Waals surface area contributed by atoms with Gasteiger partial charge in [-0.15, -0.1) is 0 Å². The summed E-state index contributed by atoms with van der Waals surface area (Å²) in [5.74, 6) is 0. The molecule has 0 fully saturated rings. The van der Waals surface area contributed by atoms with E-state index in [2.05, 4.69) is 236 Å². The number of nitrogens with zero attached hydrogens (tertiary/aromatic N) is 1. The number of aryl methyl sites for hydroxylation is 1.